The van der Waals surface area contributed by atoms with Crippen LogP contribution in [0.2, 0.25) is 0 Å². The summed E-state index contributed by atoms with van der Waals surface area (Å²) in [4.78, 5) is 23.0. The van der Waals surface area contributed by atoms with Crippen molar-refractivity contribution in [3.05, 3.63) is 97.8 Å². The van der Waals surface area contributed by atoms with E-state index >= 15 is 0 Å². The zero-order valence-electron chi connectivity index (χ0n) is 18.5. The van der Waals surface area contributed by atoms with Crippen LogP contribution in [0.3, 0.4) is 0 Å². The molecule has 0 aromatic heterocycles. The van der Waals surface area contributed by atoms with Crippen LogP contribution >= 0.6 is 15.9 Å². The Hall–Kier alpha value is -4.23. The third kappa shape index (κ3) is 6.88. The van der Waals surface area contributed by atoms with Gasteiger partial charge in [-0.3, -0.25) is 14.9 Å². The normalized spacial score (nSPS) is 10.9. The Bertz CT molecular complexity index is 1340. The highest BCUT2D eigenvalue weighted by molar-refractivity contribution is 9.10. The number of hydrogen-bond acceptors (Lipinski definition) is 6. The number of benzene rings is 3. The molecule has 3 aromatic rings. The zero-order valence-corrected chi connectivity index (χ0v) is 20.0. The molecule has 0 atom stereocenters. The average Bonchev–Trinajstić information content (AvgIpc) is 2.82. The van der Waals surface area contributed by atoms with Crippen LogP contribution in [0.1, 0.15) is 18.1 Å². The summed E-state index contributed by atoms with van der Waals surface area (Å²) in [5, 5.41) is 22.9. The molecule has 0 bridgehead atoms. The SMILES string of the molecule is CCOc1cc(/C=C(\C#N)C(=O)Nc2cccc([N+](=O)[O-])c2)cc(Br)c1OCc1cccc(F)c1. The van der Waals surface area contributed by atoms with Gasteiger partial charge in [0.25, 0.3) is 11.6 Å². The number of nitriles is 1. The molecule has 0 heterocycles. The maximum absolute atomic E-state index is 13.5. The molecule has 0 spiro atoms. The van der Waals surface area contributed by atoms with Gasteiger partial charge in [-0.2, -0.15) is 5.26 Å². The molecule has 0 unspecified atom stereocenters. The molecule has 0 saturated carbocycles. The Morgan fingerprint density at radius 1 is 1.20 bits per heavy atom. The quantitative estimate of drug-likeness (QED) is 0.154. The molecule has 178 valence electrons. The predicted octanol–water partition coefficient (Wildman–Crippen LogP) is 6.02. The number of ether oxygens (including phenoxy) is 2. The highest BCUT2D eigenvalue weighted by atomic mass is 79.9. The van der Waals surface area contributed by atoms with Gasteiger partial charge in [0.05, 0.1) is 16.0 Å². The summed E-state index contributed by atoms with van der Waals surface area (Å²) in [6.07, 6.45) is 1.36. The topological polar surface area (TPSA) is 114 Å². The Balaban J connectivity index is 1.85. The second-order valence-corrected chi connectivity index (χ2v) is 7.97. The monoisotopic (exact) mass is 539 g/mol. The Kier molecular flexibility index (Phi) is 8.53. The van der Waals surface area contributed by atoms with Gasteiger partial charge in [0.1, 0.15) is 24.1 Å². The van der Waals surface area contributed by atoms with E-state index in [0.29, 0.717) is 33.7 Å². The first-order valence-electron chi connectivity index (χ1n) is 10.3. The number of carbonyl (C=O) groups excluding carboxylic acids is 1. The number of nitrogens with zero attached hydrogens (tertiary/aromatic N) is 2. The summed E-state index contributed by atoms with van der Waals surface area (Å²) >= 11 is 3.42. The van der Waals surface area contributed by atoms with E-state index in [1.807, 2.05) is 6.07 Å². The van der Waals surface area contributed by atoms with Gasteiger partial charge in [-0.15, -0.1) is 0 Å². The summed E-state index contributed by atoms with van der Waals surface area (Å²) in [6.45, 7) is 2.22. The molecule has 1 N–H and O–H groups in total. The van der Waals surface area contributed by atoms with Crippen LogP contribution in [0, 0.1) is 27.3 Å². The van der Waals surface area contributed by atoms with Crippen molar-refractivity contribution < 1.29 is 23.6 Å². The van der Waals surface area contributed by atoms with Crippen LogP contribution < -0.4 is 14.8 Å². The van der Waals surface area contributed by atoms with Gasteiger partial charge < -0.3 is 14.8 Å². The summed E-state index contributed by atoms with van der Waals surface area (Å²) in [7, 11) is 0. The molecule has 0 aliphatic carbocycles. The van der Waals surface area contributed by atoms with Gasteiger partial charge in [0, 0.05) is 17.8 Å². The number of non-ortho nitro benzene ring substituents is 1. The molecular formula is C25H19BrFN3O5. The van der Waals surface area contributed by atoms with Crippen molar-refractivity contribution in [1.29, 1.82) is 5.26 Å². The van der Waals surface area contributed by atoms with Crippen molar-refractivity contribution in [2.45, 2.75) is 13.5 Å². The van der Waals surface area contributed by atoms with Crippen LogP contribution in [0.4, 0.5) is 15.8 Å². The molecule has 1 amide bonds. The first kappa shape index (κ1) is 25.4. The van der Waals surface area contributed by atoms with Crippen molar-refractivity contribution in [2.24, 2.45) is 0 Å². The second kappa shape index (κ2) is 11.8. The standard InChI is InChI=1S/C25H19BrFN3O5/c1-2-34-23-12-17(11-22(26)24(23)35-15-16-5-3-6-19(27)10-16)9-18(14-28)25(31)29-20-7-4-8-21(13-20)30(32)33/h3-13H,2,15H2,1H3,(H,29,31)/b18-9+. The number of amides is 1. The molecule has 0 radical (unpaired) electrons. The molecule has 3 aromatic carbocycles. The van der Waals surface area contributed by atoms with E-state index in [0.717, 1.165) is 0 Å². The summed E-state index contributed by atoms with van der Waals surface area (Å²) < 4.78 is 25.5. The van der Waals surface area contributed by atoms with Crippen LogP contribution in [-0.2, 0) is 11.4 Å². The van der Waals surface area contributed by atoms with Gasteiger partial charge in [-0.1, -0.05) is 18.2 Å². The van der Waals surface area contributed by atoms with E-state index in [4.69, 9.17) is 9.47 Å². The van der Waals surface area contributed by atoms with E-state index in [2.05, 4.69) is 21.2 Å². The number of hydrogen-bond donors (Lipinski definition) is 1. The molecule has 0 aliphatic rings. The summed E-state index contributed by atoms with van der Waals surface area (Å²) in [6, 6.07) is 16.5. The fourth-order valence-electron chi connectivity index (χ4n) is 3.07. The second-order valence-electron chi connectivity index (χ2n) is 7.11. The van der Waals surface area contributed by atoms with Crippen LogP contribution in [0.25, 0.3) is 6.08 Å². The third-order valence-corrected chi connectivity index (χ3v) is 5.18. The summed E-state index contributed by atoms with van der Waals surface area (Å²) in [5.41, 5.74) is 0.878. The molecule has 0 saturated heterocycles. The van der Waals surface area contributed by atoms with Gasteiger partial charge in [0.15, 0.2) is 11.5 Å². The molecule has 35 heavy (non-hydrogen) atoms. The van der Waals surface area contributed by atoms with E-state index in [-0.39, 0.29) is 29.4 Å². The number of nitro groups is 1. The number of carbonyl (C=O) groups is 1. The van der Waals surface area contributed by atoms with Gasteiger partial charge in [0.2, 0.25) is 0 Å². The number of nitrogens with one attached hydrogen (secondary N) is 1. The number of rotatable bonds is 9. The van der Waals surface area contributed by atoms with E-state index in [9.17, 15) is 24.6 Å². The molecular weight excluding hydrogens is 521 g/mol. The largest absolute Gasteiger partial charge is 0.490 e. The smallest absolute Gasteiger partial charge is 0.271 e. The first-order valence-corrected chi connectivity index (χ1v) is 11.1. The van der Waals surface area contributed by atoms with Crippen molar-refractivity contribution in [3.8, 4) is 17.6 Å². The maximum Gasteiger partial charge on any atom is 0.271 e. The van der Waals surface area contributed by atoms with Gasteiger partial charge in [-0.05, 0) is 70.4 Å². The van der Waals surface area contributed by atoms with Gasteiger partial charge in [-0.25, -0.2) is 4.39 Å². The maximum atomic E-state index is 13.5. The van der Waals surface area contributed by atoms with Crippen molar-refractivity contribution in [2.75, 3.05) is 11.9 Å². The average molecular weight is 540 g/mol. The van der Waals surface area contributed by atoms with Gasteiger partial charge >= 0.3 is 0 Å². The minimum absolute atomic E-state index is 0.0979. The van der Waals surface area contributed by atoms with Crippen LogP contribution in [-0.4, -0.2) is 17.4 Å². The Labute approximate surface area is 208 Å². The number of anilines is 1. The third-order valence-electron chi connectivity index (χ3n) is 4.59. The van der Waals surface area contributed by atoms with E-state index in [1.165, 1.54) is 42.5 Å². The zero-order chi connectivity index (χ0) is 25.4. The lowest BCUT2D eigenvalue weighted by atomic mass is 10.1. The van der Waals surface area contributed by atoms with Crippen molar-refractivity contribution in [3.63, 3.8) is 0 Å². The fourth-order valence-corrected chi connectivity index (χ4v) is 3.64. The molecule has 3 rings (SSSR count). The number of halogens is 2. The van der Waals surface area contributed by atoms with E-state index < -0.39 is 10.8 Å². The number of nitro benzene ring substituents is 1. The molecule has 8 nitrogen and oxygen atoms in total. The minimum Gasteiger partial charge on any atom is -0.490 e. The van der Waals surface area contributed by atoms with Crippen LogP contribution in [0.5, 0.6) is 11.5 Å². The first-order chi connectivity index (χ1) is 16.8. The lowest BCUT2D eigenvalue weighted by Crippen LogP contribution is -2.13. The lowest BCUT2D eigenvalue weighted by Gasteiger charge is -2.15. The highest BCUT2D eigenvalue weighted by Crippen LogP contribution is 2.38. The highest BCUT2D eigenvalue weighted by Gasteiger charge is 2.16. The molecule has 0 aliphatic heterocycles. The molecule has 0 fully saturated rings. The lowest BCUT2D eigenvalue weighted by molar-refractivity contribution is -0.384. The molecule has 10 heteroatoms. The minimum atomic E-state index is -0.728. The van der Waals surface area contributed by atoms with E-state index in [1.54, 1.807) is 31.2 Å². The Morgan fingerprint density at radius 3 is 2.66 bits per heavy atom. The van der Waals surface area contributed by atoms with Crippen LogP contribution in [0.15, 0.2) is 70.7 Å². The predicted molar refractivity (Wildman–Crippen MR) is 131 cm³/mol. The Morgan fingerprint density at radius 2 is 1.97 bits per heavy atom. The fraction of sp³-hybridized carbons (Fsp3) is 0.120. The van der Waals surface area contributed by atoms with Crippen molar-refractivity contribution >= 4 is 39.3 Å². The van der Waals surface area contributed by atoms with Crippen molar-refractivity contribution in [1.82, 2.24) is 0 Å². The summed E-state index contributed by atoms with van der Waals surface area (Å²) in [5.74, 6) is -0.356.